The first-order chi connectivity index (χ1) is 9.58. The molecule has 0 radical (unpaired) electrons. The first-order valence-corrected chi connectivity index (χ1v) is 6.65. The Bertz CT molecular complexity index is 777. The molecule has 0 amide bonds. The lowest BCUT2D eigenvalue weighted by Gasteiger charge is -2.09. The van der Waals surface area contributed by atoms with Crippen molar-refractivity contribution in [2.75, 3.05) is 12.8 Å². The van der Waals surface area contributed by atoms with E-state index < -0.39 is 0 Å². The van der Waals surface area contributed by atoms with Crippen LogP contribution in [0.5, 0.6) is 5.75 Å². The predicted molar refractivity (Wildman–Crippen MR) is 87.0 cm³/mol. The maximum atomic E-state index is 5.78. The molecular weight excluding hydrogens is 269 g/mol. The summed E-state index contributed by atoms with van der Waals surface area (Å²) in [5.41, 5.74) is 10.3. The van der Waals surface area contributed by atoms with Crippen molar-refractivity contribution in [2.45, 2.75) is 4.90 Å². The molecule has 0 aliphatic heterocycles. The number of nitrogens with zero attached hydrogens (tertiary/aromatic N) is 2. The fraction of sp³-hybridized carbons (Fsp3) is 0.0714. The fourth-order valence-electron chi connectivity index (χ4n) is 2.31. The van der Waals surface area contributed by atoms with E-state index in [1.807, 2.05) is 48.9 Å². The van der Waals surface area contributed by atoms with Gasteiger partial charge in [0, 0.05) is 34.6 Å². The number of hydrogen-bond donors (Lipinski definition) is 2. The summed E-state index contributed by atoms with van der Waals surface area (Å²) >= 11 is 4.55. The Balaban J connectivity index is 2.20. The molecule has 0 fully saturated rings. The van der Waals surface area contributed by atoms with Gasteiger partial charge in [-0.25, -0.2) is 4.98 Å². The van der Waals surface area contributed by atoms with Gasteiger partial charge in [0.05, 0.1) is 12.8 Å². The summed E-state index contributed by atoms with van der Waals surface area (Å²) in [5, 5.41) is 0. The molecule has 100 valence electrons. The summed E-state index contributed by atoms with van der Waals surface area (Å²) in [6, 6.07) is 7.57. The molecule has 0 unspecified atom stereocenters. The van der Waals surface area contributed by atoms with Crippen molar-refractivity contribution in [3.8, 4) is 17.0 Å². The largest absolute Gasteiger partial charge is 0.497 e. The zero-order valence-electron chi connectivity index (χ0n) is 11.3. The summed E-state index contributed by atoms with van der Waals surface area (Å²) in [6.45, 7) is 0. The second kappa shape index (κ2) is 4.79. The van der Waals surface area contributed by atoms with Gasteiger partial charge in [-0.15, -0.1) is 12.6 Å². The fourth-order valence-corrected chi connectivity index (χ4v) is 2.72. The summed E-state index contributed by atoms with van der Waals surface area (Å²) in [4.78, 5) is 5.46. The van der Waals surface area contributed by atoms with Gasteiger partial charge in [-0.3, -0.25) is 0 Å². The average molecular weight is 283 g/mol. The first-order valence-electron chi connectivity index (χ1n) is 6.20. The molecule has 0 aliphatic rings. The van der Waals surface area contributed by atoms with Gasteiger partial charge in [0.25, 0.3) is 0 Å². The van der Waals surface area contributed by atoms with Gasteiger partial charge in [-0.05, 0) is 18.2 Å². The number of benzene rings is 1. The Hall–Kier alpha value is -2.08. The molecular formula is C14H14BN3OS. The molecule has 2 aromatic heterocycles. The lowest BCUT2D eigenvalue weighted by Crippen LogP contribution is -2.08. The van der Waals surface area contributed by atoms with E-state index in [1.165, 1.54) is 0 Å². The van der Waals surface area contributed by atoms with Gasteiger partial charge < -0.3 is 14.9 Å². The molecule has 6 heteroatoms. The Morgan fingerprint density at radius 2 is 2.15 bits per heavy atom. The van der Waals surface area contributed by atoms with Crippen LogP contribution in [0, 0.1) is 0 Å². The zero-order valence-corrected chi connectivity index (χ0v) is 12.2. The van der Waals surface area contributed by atoms with Crippen molar-refractivity contribution < 1.29 is 4.74 Å². The number of aromatic nitrogens is 2. The van der Waals surface area contributed by atoms with Crippen molar-refractivity contribution in [3.63, 3.8) is 0 Å². The highest BCUT2D eigenvalue weighted by Gasteiger charge is 2.12. The Morgan fingerprint density at radius 3 is 2.85 bits per heavy atom. The number of anilines is 1. The third-order valence-electron chi connectivity index (χ3n) is 3.26. The summed E-state index contributed by atoms with van der Waals surface area (Å²) in [7, 11) is 3.67. The van der Waals surface area contributed by atoms with Crippen LogP contribution in [0.2, 0.25) is 0 Å². The number of methoxy groups -OCH3 is 1. The van der Waals surface area contributed by atoms with Gasteiger partial charge in [-0.1, -0.05) is 5.46 Å². The van der Waals surface area contributed by atoms with Gasteiger partial charge >= 0.3 is 0 Å². The Labute approximate surface area is 123 Å². The number of pyridine rings is 1. The van der Waals surface area contributed by atoms with E-state index in [9.17, 15) is 0 Å². The second-order valence-corrected chi connectivity index (χ2v) is 5.17. The SMILES string of the molecule is Bc1cc(OC)cc(S)c1-c1cn2ccc(N)cc2n1. The van der Waals surface area contributed by atoms with E-state index in [-0.39, 0.29) is 0 Å². The lowest BCUT2D eigenvalue weighted by molar-refractivity contribution is 0.414. The third kappa shape index (κ3) is 2.12. The normalized spacial score (nSPS) is 10.9. The number of nitrogens with two attached hydrogens (primary N) is 1. The van der Waals surface area contributed by atoms with E-state index in [4.69, 9.17) is 10.5 Å². The maximum absolute atomic E-state index is 5.78. The van der Waals surface area contributed by atoms with Crippen LogP contribution in [0.4, 0.5) is 5.69 Å². The molecule has 0 atom stereocenters. The molecule has 0 bridgehead atoms. The predicted octanol–water partition coefficient (Wildman–Crippen LogP) is 1.14. The van der Waals surface area contributed by atoms with Crippen LogP contribution in [0.3, 0.4) is 0 Å². The van der Waals surface area contributed by atoms with Crippen LogP contribution in [0.15, 0.2) is 41.6 Å². The number of imidazole rings is 1. The molecule has 0 aliphatic carbocycles. The molecule has 0 spiro atoms. The minimum Gasteiger partial charge on any atom is -0.497 e. The quantitative estimate of drug-likeness (QED) is 0.548. The minimum absolute atomic E-state index is 0.701. The van der Waals surface area contributed by atoms with Crippen LogP contribution in [0.25, 0.3) is 16.9 Å². The molecule has 3 rings (SSSR count). The van der Waals surface area contributed by atoms with Crippen molar-refractivity contribution in [3.05, 3.63) is 36.7 Å². The highest BCUT2D eigenvalue weighted by Crippen LogP contribution is 2.27. The molecule has 2 N–H and O–H groups in total. The summed E-state index contributed by atoms with van der Waals surface area (Å²) in [5.74, 6) is 0.796. The van der Waals surface area contributed by atoms with Crippen LogP contribution in [-0.4, -0.2) is 24.3 Å². The van der Waals surface area contributed by atoms with Gasteiger partial charge in [0.2, 0.25) is 0 Å². The van der Waals surface area contributed by atoms with Crippen LogP contribution >= 0.6 is 12.6 Å². The molecule has 2 heterocycles. The molecule has 0 saturated carbocycles. The number of ether oxygens (including phenoxy) is 1. The number of fused-ring (bicyclic) bond motifs is 1. The van der Waals surface area contributed by atoms with E-state index in [0.717, 1.165) is 33.0 Å². The smallest absolute Gasteiger partial charge is 0.140 e. The Kier molecular flexibility index (Phi) is 3.10. The van der Waals surface area contributed by atoms with E-state index in [1.54, 1.807) is 7.11 Å². The monoisotopic (exact) mass is 283 g/mol. The van der Waals surface area contributed by atoms with Crippen molar-refractivity contribution in [2.24, 2.45) is 0 Å². The molecule has 1 aromatic carbocycles. The average Bonchev–Trinajstić information content (AvgIpc) is 2.80. The number of nitrogen functional groups attached to an aromatic ring is 1. The minimum atomic E-state index is 0.701. The van der Waals surface area contributed by atoms with Crippen molar-refractivity contribution in [1.82, 2.24) is 9.38 Å². The van der Waals surface area contributed by atoms with Gasteiger partial charge in [-0.2, -0.15) is 0 Å². The van der Waals surface area contributed by atoms with Crippen molar-refractivity contribution >= 4 is 37.3 Å². The molecule has 0 saturated heterocycles. The summed E-state index contributed by atoms with van der Waals surface area (Å²) < 4.78 is 7.20. The van der Waals surface area contributed by atoms with Gasteiger partial charge in [0.15, 0.2) is 0 Å². The van der Waals surface area contributed by atoms with Crippen molar-refractivity contribution in [1.29, 1.82) is 0 Å². The van der Waals surface area contributed by atoms with Gasteiger partial charge in [0.1, 0.15) is 19.2 Å². The number of hydrogen-bond acceptors (Lipinski definition) is 4. The van der Waals surface area contributed by atoms with E-state index >= 15 is 0 Å². The first kappa shape index (κ1) is 12.9. The van der Waals surface area contributed by atoms with E-state index in [2.05, 4.69) is 17.6 Å². The highest BCUT2D eigenvalue weighted by molar-refractivity contribution is 7.80. The molecule has 4 nitrogen and oxygen atoms in total. The molecule has 20 heavy (non-hydrogen) atoms. The topological polar surface area (TPSA) is 52.5 Å². The third-order valence-corrected chi connectivity index (χ3v) is 3.62. The number of rotatable bonds is 2. The lowest BCUT2D eigenvalue weighted by atomic mass is 9.89. The second-order valence-electron chi connectivity index (χ2n) is 4.69. The van der Waals surface area contributed by atoms with E-state index in [0.29, 0.717) is 5.69 Å². The standard InChI is InChI=1S/C14H14BN3OS/c1-19-9-5-10(15)14(12(20)6-9)11-7-18-3-2-8(16)4-13(18)17-11/h2-7,20H,15-16H2,1H3. The van der Waals surface area contributed by atoms with Crippen LogP contribution in [0.1, 0.15) is 0 Å². The van der Waals surface area contributed by atoms with Crippen LogP contribution in [-0.2, 0) is 0 Å². The Morgan fingerprint density at radius 1 is 1.35 bits per heavy atom. The molecule has 3 aromatic rings. The number of thiol groups is 1. The highest BCUT2D eigenvalue weighted by atomic mass is 32.1. The van der Waals surface area contributed by atoms with Crippen LogP contribution < -0.4 is 15.9 Å². The maximum Gasteiger partial charge on any atom is 0.140 e. The summed E-state index contributed by atoms with van der Waals surface area (Å²) in [6.07, 6.45) is 3.88. The zero-order chi connectivity index (χ0) is 14.3.